The van der Waals surface area contributed by atoms with Crippen molar-refractivity contribution in [2.45, 2.75) is 25.7 Å². The molecule has 1 aliphatic carbocycles. The fourth-order valence-electron chi connectivity index (χ4n) is 2.96. The monoisotopic (exact) mass is 355 g/mol. The van der Waals surface area contributed by atoms with E-state index < -0.39 is 0 Å². The predicted octanol–water partition coefficient (Wildman–Crippen LogP) is 3.79. The van der Waals surface area contributed by atoms with Crippen molar-refractivity contribution in [3.05, 3.63) is 53.5 Å². The summed E-state index contributed by atoms with van der Waals surface area (Å²) < 4.78 is 16.3. The summed E-state index contributed by atoms with van der Waals surface area (Å²) in [5.74, 6) is 4.24. The third-order valence-electron chi connectivity index (χ3n) is 4.68. The van der Waals surface area contributed by atoms with Crippen molar-refractivity contribution in [2.75, 3.05) is 20.8 Å². The first kappa shape index (κ1) is 18.1. The molecular weight excluding hydrogens is 330 g/mol. The van der Waals surface area contributed by atoms with E-state index in [2.05, 4.69) is 12.2 Å². The summed E-state index contributed by atoms with van der Waals surface area (Å²) in [6, 6.07) is 9.67. The lowest BCUT2D eigenvalue weighted by Gasteiger charge is -2.09. The van der Waals surface area contributed by atoms with Crippen LogP contribution in [0.3, 0.4) is 0 Å². The Hall–Kier alpha value is -2.69. The number of hydrogen-bond acceptors (Lipinski definition) is 4. The molecule has 0 radical (unpaired) electrons. The van der Waals surface area contributed by atoms with Crippen LogP contribution in [0.1, 0.15) is 36.3 Å². The van der Waals surface area contributed by atoms with Gasteiger partial charge >= 0.3 is 0 Å². The number of ether oxygens (including phenoxy) is 2. The topological polar surface area (TPSA) is 60.7 Å². The molecule has 2 atom stereocenters. The number of hydrogen-bond donors (Lipinski definition) is 1. The summed E-state index contributed by atoms with van der Waals surface area (Å²) in [5.41, 5.74) is 1.07. The van der Waals surface area contributed by atoms with Gasteiger partial charge in [0.25, 0.3) is 0 Å². The van der Waals surface area contributed by atoms with E-state index in [1.54, 1.807) is 20.3 Å². The zero-order chi connectivity index (χ0) is 18.5. The van der Waals surface area contributed by atoms with Crippen molar-refractivity contribution in [3.63, 3.8) is 0 Å². The van der Waals surface area contributed by atoms with Gasteiger partial charge in [-0.25, -0.2) is 0 Å². The number of benzene rings is 1. The normalized spacial score (nSPS) is 18.7. The minimum atomic E-state index is -0.136. The highest BCUT2D eigenvalue weighted by molar-refractivity contribution is 5.91. The molecule has 1 aliphatic rings. The molecule has 1 heterocycles. The van der Waals surface area contributed by atoms with Crippen molar-refractivity contribution in [2.24, 2.45) is 5.92 Å². The van der Waals surface area contributed by atoms with Gasteiger partial charge in [-0.2, -0.15) is 0 Å². The summed E-state index contributed by atoms with van der Waals surface area (Å²) >= 11 is 0. The third-order valence-corrected chi connectivity index (χ3v) is 4.68. The molecule has 1 saturated carbocycles. The van der Waals surface area contributed by atoms with Crippen molar-refractivity contribution in [3.8, 4) is 11.5 Å². The summed E-state index contributed by atoms with van der Waals surface area (Å²) in [5, 5.41) is 2.88. The van der Waals surface area contributed by atoms with Crippen LogP contribution in [0, 0.1) is 5.92 Å². The molecule has 1 N–H and O–H groups in total. The van der Waals surface area contributed by atoms with Gasteiger partial charge in [0.05, 0.1) is 14.2 Å². The van der Waals surface area contributed by atoms with Gasteiger partial charge in [0.1, 0.15) is 11.5 Å². The van der Waals surface area contributed by atoms with Gasteiger partial charge in [-0.3, -0.25) is 4.79 Å². The lowest BCUT2D eigenvalue weighted by atomic mass is 10.1. The fraction of sp³-hybridized carbons (Fsp3) is 0.381. The lowest BCUT2D eigenvalue weighted by Crippen LogP contribution is -2.23. The standard InChI is InChI=1S/C21H25NO4/c1-14-12-17(14)18-8-5-16(26-18)6-9-21(23)22-11-10-15-4-7-19(24-2)20(13-15)25-3/h4-9,13-14,17H,10-12H2,1-3H3,(H,22,23)/b9-6+. The van der Waals surface area contributed by atoms with E-state index in [-0.39, 0.29) is 5.91 Å². The Morgan fingerprint density at radius 1 is 1.23 bits per heavy atom. The second kappa shape index (κ2) is 8.13. The second-order valence-electron chi connectivity index (χ2n) is 6.62. The predicted molar refractivity (Wildman–Crippen MR) is 101 cm³/mol. The summed E-state index contributed by atoms with van der Waals surface area (Å²) in [7, 11) is 3.22. The van der Waals surface area contributed by atoms with Gasteiger partial charge < -0.3 is 19.2 Å². The lowest BCUT2D eigenvalue weighted by molar-refractivity contribution is -0.116. The van der Waals surface area contributed by atoms with Gasteiger partial charge in [-0.1, -0.05) is 13.0 Å². The van der Waals surface area contributed by atoms with Gasteiger partial charge in [0.15, 0.2) is 11.5 Å². The smallest absolute Gasteiger partial charge is 0.244 e. The van der Waals surface area contributed by atoms with Crippen molar-refractivity contribution in [1.82, 2.24) is 5.32 Å². The molecule has 0 aliphatic heterocycles. The zero-order valence-electron chi connectivity index (χ0n) is 15.5. The fourth-order valence-corrected chi connectivity index (χ4v) is 2.96. The first-order chi connectivity index (χ1) is 12.6. The van der Waals surface area contributed by atoms with Crippen LogP contribution in [-0.4, -0.2) is 26.7 Å². The minimum Gasteiger partial charge on any atom is -0.493 e. The number of methoxy groups -OCH3 is 2. The first-order valence-corrected chi connectivity index (χ1v) is 8.87. The van der Waals surface area contributed by atoms with E-state index in [0.717, 1.165) is 11.3 Å². The Labute approximate surface area is 154 Å². The van der Waals surface area contributed by atoms with Crippen LogP contribution in [0.15, 0.2) is 40.8 Å². The average Bonchev–Trinajstić information content (AvgIpc) is 3.19. The number of furan rings is 1. The van der Waals surface area contributed by atoms with E-state index in [1.165, 1.54) is 12.5 Å². The van der Waals surface area contributed by atoms with Gasteiger partial charge in [-0.15, -0.1) is 0 Å². The molecule has 0 saturated heterocycles. The van der Waals surface area contributed by atoms with Gasteiger partial charge in [-0.05, 0) is 54.7 Å². The molecule has 1 fully saturated rings. The zero-order valence-corrected chi connectivity index (χ0v) is 15.5. The van der Waals surface area contributed by atoms with E-state index in [4.69, 9.17) is 13.9 Å². The molecule has 1 amide bonds. The molecule has 26 heavy (non-hydrogen) atoms. The molecule has 1 aromatic carbocycles. The highest BCUT2D eigenvalue weighted by Gasteiger charge is 2.36. The maximum absolute atomic E-state index is 12.0. The Morgan fingerprint density at radius 2 is 2.00 bits per heavy atom. The molecule has 2 aromatic rings. The molecular formula is C21H25NO4. The van der Waals surface area contributed by atoms with E-state index in [9.17, 15) is 4.79 Å². The van der Waals surface area contributed by atoms with Crippen molar-refractivity contribution < 1.29 is 18.7 Å². The van der Waals surface area contributed by atoms with Gasteiger partial charge in [0.2, 0.25) is 5.91 Å². The van der Waals surface area contributed by atoms with Crippen LogP contribution in [0.2, 0.25) is 0 Å². The average molecular weight is 355 g/mol. The van der Waals surface area contributed by atoms with Crippen LogP contribution in [0.4, 0.5) is 0 Å². The van der Waals surface area contributed by atoms with Crippen molar-refractivity contribution in [1.29, 1.82) is 0 Å². The molecule has 3 rings (SSSR count). The quantitative estimate of drug-likeness (QED) is 0.732. The maximum Gasteiger partial charge on any atom is 0.244 e. The third kappa shape index (κ3) is 4.48. The summed E-state index contributed by atoms with van der Waals surface area (Å²) in [6.45, 7) is 2.76. The number of nitrogens with one attached hydrogen (secondary N) is 1. The molecule has 0 bridgehead atoms. The van der Waals surface area contributed by atoms with Crippen LogP contribution in [0.25, 0.3) is 6.08 Å². The first-order valence-electron chi connectivity index (χ1n) is 8.87. The Balaban J connectivity index is 1.46. The SMILES string of the molecule is COc1ccc(CCNC(=O)/C=C/c2ccc(C3CC3C)o2)cc1OC. The molecule has 2 unspecified atom stereocenters. The molecule has 1 aromatic heterocycles. The minimum absolute atomic E-state index is 0.136. The maximum atomic E-state index is 12.0. The highest BCUT2D eigenvalue weighted by Crippen LogP contribution is 2.47. The van der Waals surface area contributed by atoms with Gasteiger partial charge in [0, 0.05) is 18.5 Å². The van der Waals surface area contributed by atoms with E-state index >= 15 is 0 Å². The highest BCUT2D eigenvalue weighted by atomic mass is 16.5. The van der Waals surface area contributed by atoms with Crippen LogP contribution >= 0.6 is 0 Å². The molecule has 0 spiro atoms. The molecule has 138 valence electrons. The van der Waals surface area contributed by atoms with Crippen LogP contribution < -0.4 is 14.8 Å². The largest absolute Gasteiger partial charge is 0.493 e. The summed E-state index contributed by atoms with van der Waals surface area (Å²) in [4.78, 5) is 12.0. The number of rotatable bonds is 8. The Morgan fingerprint density at radius 3 is 2.69 bits per heavy atom. The number of carbonyl (C=O) groups is 1. The van der Waals surface area contributed by atoms with E-state index in [0.29, 0.717) is 42.1 Å². The molecule has 5 nitrogen and oxygen atoms in total. The Bertz CT molecular complexity index is 793. The second-order valence-corrected chi connectivity index (χ2v) is 6.62. The number of carbonyl (C=O) groups excluding carboxylic acids is 1. The number of amides is 1. The summed E-state index contributed by atoms with van der Waals surface area (Å²) in [6.07, 6.45) is 5.12. The van der Waals surface area contributed by atoms with Crippen LogP contribution in [-0.2, 0) is 11.2 Å². The van der Waals surface area contributed by atoms with Crippen LogP contribution in [0.5, 0.6) is 11.5 Å². The molecule has 5 heteroatoms. The van der Waals surface area contributed by atoms with Crippen molar-refractivity contribution >= 4 is 12.0 Å². The Kier molecular flexibility index (Phi) is 5.66. The van der Waals surface area contributed by atoms with E-state index in [1.807, 2.05) is 30.3 Å².